The minimum Gasteiger partial charge on any atom is -0.392 e. The number of benzene rings is 1. The van der Waals surface area contributed by atoms with Crippen molar-refractivity contribution in [2.45, 2.75) is 17.4 Å². The lowest BCUT2D eigenvalue weighted by molar-refractivity contribution is 0.109. The van der Waals surface area contributed by atoms with Gasteiger partial charge in [0.25, 0.3) is 0 Å². The second-order valence-electron chi connectivity index (χ2n) is 3.93. The highest BCUT2D eigenvalue weighted by Gasteiger charge is 2.23. The van der Waals surface area contributed by atoms with E-state index in [9.17, 15) is 5.11 Å². The Balaban J connectivity index is 1.84. The van der Waals surface area contributed by atoms with Crippen LogP contribution < -0.4 is 0 Å². The number of halogens is 1. The molecule has 1 heterocycles. The highest BCUT2D eigenvalue weighted by Crippen LogP contribution is 2.29. The first-order valence-corrected chi connectivity index (χ1v) is 6.77. The lowest BCUT2D eigenvalue weighted by atomic mass is 10.0. The van der Waals surface area contributed by atoms with Crippen molar-refractivity contribution < 1.29 is 9.84 Å². The zero-order valence-electron chi connectivity index (χ0n) is 8.93. The van der Waals surface area contributed by atoms with Gasteiger partial charge in [-0.3, -0.25) is 0 Å². The molecule has 1 fully saturated rings. The zero-order valence-corrected chi connectivity index (χ0v) is 10.5. The Labute approximate surface area is 105 Å². The third-order valence-corrected chi connectivity index (χ3v) is 4.37. The van der Waals surface area contributed by atoms with E-state index in [1.165, 1.54) is 0 Å². The first-order chi connectivity index (χ1) is 7.77. The van der Waals surface area contributed by atoms with Crippen LogP contribution in [0.4, 0.5) is 0 Å². The molecule has 0 spiro atoms. The summed E-state index contributed by atoms with van der Waals surface area (Å²) >= 11 is 7.64. The SMILES string of the molecule is OC(CSc1ccccc1Cl)C1CCOC1. The number of rotatable bonds is 4. The summed E-state index contributed by atoms with van der Waals surface area (Å²) in [6.07, 6.45) is 0.660. The van der Waals surface area contributed by atoms with Crippen molar-refractivity contribution in [2.24, 2.45) is 5.92 Å². The molecular weight excluding hydrogens is 244 g/mol. The van der Waals surface area contributed by atoms with Crippen molar-refractivity contribution in [3.63, 3.8) is 0 Å². The zero-order chi connectivity index (χ0) is 11.4. The van der Waals surface area contributed by atoms with Gasteiger partial charge in [0.2, 0.25) is 0 Å². The summed E-state index contributed by atoms with van der Waals surface area (Å²) in [5, 5.41) is 10.7. The molecule has 0 aliphatic carbocycles. The molecule has 1 saturated heterocycles. The Kier molecular flexibility index (Phi) is 4.53. The molecule has 0 bridgehead atoms. The molecule has 0 saturated carbocycles. The van der Waals surface area contributed by atoms with E-state index in [0.717, 1.165) is 22.9 Å². The summed E-state index contributed by atoms with van der Waals surface area (Å²) in [6.45, 7) is 1.46. The first kappa shape index (κ1) is 12.2. The summed E-state index contributed by atoms with van der Waals surface area (Å²) in [4.78, 5) is 1.03. The lowest BCUT2D eigenvalue weighted by Gasteiger charge is -2.16. The summed E-state index contributed by atoms with van der Waals surface area (Å²) in [5.74, 6) is 0.965. The Bertz CT molecular complexity index is 340. The fourth-order valence-electron chi connectivity index (χ4n) is 1.73. The monoisotopic (exact) mass is 258 g/mol. The van der Waals surface area contributed by atoms with Crippen LogP contribution in [0.2, 0.25) is 5.02 Å². The Hall–Kier alpha value is -0.220. The summed E-state index contributed by atoms with van der Waals surface area (Å²) in [5.41, 5.74) is 0. The standard InChI is InChI=1S/C12H15ClO2S/c13-10-3-1-2-4-12(10)16-8-11(14)9-5-6-15-7-9/h1-4,9,11,14H,5-8H2. The van der Waals surface area contributed by atoms with Gasteiger partial charge in [-0.1, -0.05) is 23.7 Å². The molecule has 1 aliphatic heterocycles. The molecule has 4 heteroatoms. The summed E-state index contributed by atoms with van der Waals surface area (Å²) in [7, 11) is 0. The molecule has 1 aromatic rings. The molecule has 2 atom stereocenters. The van der Waals surface area contributed by atoms with Gasteiger partial charge in [-0.25, -0.2) is 0 Å². The average Bonchev–Trinajstić information content (AvgIpc) is 2.81. The van der Waals surface area contributed by atoms with Gasteiger partial charge < -0.3 is 9.84 Å². The maximum Gasteiger partial charge on any atom is 0.0685 e. The van der Waals surface area contributed by atoms with E-state index in [1.807, 2.05) is 24.3 Å². The van der Waals surface area contributed by atoms with Crippen molar-refractivity contribution in [1.29, 1.82) is 0 Å². The van der Waals surface area contributed by atoms with Crippen LogP contribution in [-0.2, 0) is 4.74 Å². The van der Waals surface area contributed by atoms with E-state index in [2.05, 4.69) is 0 Å². The van der Waals surface area contributed by atoms with E-state index in [-0.39, 0.29) is 12.0 Å². The average molecular weight is 259 g/mol. The van der Waals surface area contributed by atoms with Gasteiger partial charge in [0.15, 0.2) is 0 Å². The van der Waals surface area contributed by atoms with E-state index < -0.39 is 0 Å². The van der Waals surface area contributed by atoms with E-state index in [4.69, 9.17) is 16.3 Å². The van der Waals surface area contributed by atoms with Crippen LogP contribution in [0, 0.1) is 5.92 Å². The predicted molar refractivity (Wildman–Crippen MR) is 67.1 cm³/mol. The Morgan fingerprint density at radius 1 is 1.50 bits per heavy atom. The second-order valence-corrected chi connectivity index (χ2v) is 5.40. The Morgan fingerprint density at radius 3 is 3.00 bits per heavy atom. The van der Waals surface area contributed by atoms with Gasteiger partial charge in [0.05, 0.1) is 17.7 Å². The third-order valence-electron chi connectivity index (χ3n) is 2.76. The minimum atomic E-state index is -0.302. The van der Waals surface area contributed by atoms with Gasteiger partial charge in [0, 0.05) is 23.2 Å². The minimum absolute atomic E-state index is 0.287. The smallest absolute Gasteiger partial charge is 0.0685 e. The van der Waals surface area contributed by atoms with Crippen molar-refractivity contribution in [3.05, 3.63) is 29.3 Å². The fraction of sp³-hybridized carbons (Fsp3) is 0.500. The molecule has 88 valence electrons. The van der Waals surface area contributed by atoms with Crippen LogP contribution in [0.1, 0.15) is 6.42 Å². The van der Waals surface area contributed by atoms with Gasteiger partial charge >= 0.3 is 0 Å². The highest BCUT2D eigenvalue weighted by molar-refractivity contribution is 7.99. The second kappa shape index (κ2) is 5.92. The van der Waals surface area contributed by atoms with Crippen LogP contribution in [0.5, 0.6) is 0 Å². The van der Waals surface area contributed by atoms with Crippen LogP contribution >= 0.6 is 23.4 Å². The maximum absolute atomic E-state index is 9.96. The molecule has 1 aliphatic rings. The first-order valence-electron chi connectivity index (χ1n) is 5.40. The molecule has 2 unspecified atom stereocenters. The number of thioether (sulfide) groups is 1. The molecule has 0 radical (unpaired) electrons. The maximum atomic E-state index is 9.96. The van der Waals surface area contributed by atoms with Crippen molar-refractivity contribution in [3.8, 4) is 0 Å². The number of ether oxygens (including phenoxy) is 1. The molecule has 0 amide bonds. The van der Waals surface area contributed by atoms with Crippen molar-refractivity contribution >= 4 is 23.4 Å². The van der Waals surface area contributed by atoms with Gasteiger partial charge in [-0.15, -0.1) is 11.8 Å². The van der Waals surface area contributed by atoms with E-state index >= 15 is 0 Å². The third kappa shape index (κ3) is 3.14. The molecule has 0 aromatic heterocycles. The number of hydrogen-bond acceptors (Lipinski definition) is 3. The van der Waals surface area contributed by atoms with Gasteiger partial charge in [-0.2, -0.15) is 0 Å². The van der Waals surface area contributed by atoms with Crippen molar-refractivity contribution in [1.82, 2.24) is 0 Å². The predicted octanol–water partition coefficient (Wildman–Crippen LogP) is 2.83. The van der Waals surface area contributed by atoms with Crippen LogP contribution in [0.15, 0.2) is 29.2 Å². The lowest BCUT2D eigenvalue weighted by Crippen LogP contribution is -2.22. The molecule has 2 rings (SSSR count). The summed E-state index contributed by atoms with van der Waals surface area (Å²) in [6, 6.07) is 7.72. The molecule has 2 nitrogen and oxygen atoms in total. The van der Waals surface area contributed by atoms with Crippen LogP contribution in [0.3, 0.4) is 0 Å². The molecule has 1 N–H and O–H groups in total. The topological polar surface area (TPSA) is 29.5 Å². The van der Waals surface area contributed by atoms with Gasteiger partial charge in [-0.05, 0) is 18.6 Å². The number of aliphatic hydroxyl groups is 1. The highest BCUT2D eigenvalue weighted by atomic mass is 35.5. The number of hydrogen-bond donors (Lipinski definition) is 1. The molecule has 1 aromatic carbocycles. The Morgan fingerprint density at radius 2 is 2.31 bits per heavy atom. The largest absolute Gasteiger partial charge is 0.392 e. The summed E-state index contributed by atoms with van der Waals surface area (Å²) < 4.78 is 5.26. The van der Waals surface area contributed by atoms with Crippen LogP contribution in [0.25, 0.3) is 0 Å². The van der Waals surface area contributed by atoms with E-state index in [1.54, 1.807) is 11.8 Å². The normalized spacial score (nSPS) is 22.2. The molecular formula is C12H15ClO2S. The van der Waals surface area contributed by atoms with Crippen LogP contribution in [-0.4, -0.2) is 30.2 Å². The fourth-order valence-corrected chi connectivity index (χ4v) is 3.03. The quantitative estimate of drug-likeness (QED) is 0.843. The van der Waals surface area contributed by atoms with E-state index in [0.29, 0.717) is 12.4 Å². The van der Waals surface area contributed by atoms with Gasteiger partial charge in [0.1, 0.15) is 0 Å². The number of aliphatic hydroxyl groups excluding tert-OH is 1. The van der Waals surface area contributed by atoms with Crippen molar-refractivity contribution in [2.75, 3.05) is 19.0 Å². The molecule has 16 heavy (non-hydrogen) atoms.